The van der Waals surface area contributed by atoms with Gasteiger partial charge in [0.2, 0.25) is 0 Å². The summed E-state index contributed by atoms with van der Waals surface area (Å²) in [4.78, 5) is 41.9. The van der Waals surface area contributed by atoms with Gasteiger partial charge in [0.15, 0.2) is 6.29 Å². The average Bonchev–Trinajstić information content (AvgIpc) is 3.15. The van der Waals surface area contributed by atoms with E-state index in [4.69, 9.17) is 4.74 Å². The number of hydrogen-bond acceptors (Lipinski definition) is 5. The summed E-state index contributed by atoms with van der Waals surface area (Å²) < 4.78 is 7.04. The molecule has 8 nitrogen and oxygen atoms in total. The third-order valence-electron chi connectivity index (χ3n) is 6.09. The maximum Gasteiger partial charge on any atom is 0.410 e. The van der Waals surface area contributed by atoms with Gasteiger partial charge in [0.05, 0.1) is 5.69 Å². The number of nitrogens with one attached hydrogen (secondary N) is 1. The molecule has 1 saturated heterocycles. The van der Waals surface area contributed by atoms with Crippen LogP contribution in [-0.4, -0.2) is 70.6 Å². The van der Waals surface area contributed by atoms with Crippen LogP contribution in [0.5, 0.6) is 0 Å². The Balaban J connectivity index is 0.000000269. The summed E-state index contributed by atoms with van der Waals surface area (Å²) >= 11 is 0. The van der Waals surface area contributed by atoms with Gasteiger partial charge >= 0.3 is 11.8 Å². The minimum atomic E-state index is -0.388. The maximum absolute atomic E-state index is 12.3. The Labute approximate surface area is 209 Å². The van der Waals surface area contributed by atoms with Crippen molar-refractivity contribution < 1.29 is 14.3 Å². The Hall–Kier alpha value is -2.87. The summed E-state index contributed by atoms with van der Waals surface area (Å²) in [6.45, 7) is 14.7. The van der Waals surface area contributed by atoms with E-state index >= 15 is 0 Å². The van der Waals surface area contributed by atoms with E-state index < -0.39 is 0 Å². The van der Waals surface area contributed by atoms with E-state index in [0.717, 1.165) is 63.7 Å². The van der Waals surface area contributed by atoms with Gasteiger partial charge in [-0.2, -0.15) is 0 Å². The second-order valence-electron chi connectivity index (χ2n) is 10.1. The van der Waals surface area contributed by atoms with Gasteiger partial charge in [-0.3, -0.25) is 9.36 Å². The lowest BCUT2D eigenvalue weighted by molar-refractivity contribution is 0.0164. The molecule has 0 atom stereocenters. The molecule has 1 saturated carbocycles. The first-order chi connectivity index (χ1) is 16.6. The SMILES string of the molecule is C=C/C=C(\C=C/C)c1c(C=O)[nH]c(=O)n1C1CCCCC1.CN1CCN(C(=O)OC(C)(C)C)CC1. The Kier molecular flexibility index (Phi) is 10.8. The van der Waals surface area contributed by atoms with Crippen molar-refractivity contribution >= 4 is 18.0 Å². The smallest absolute Gasteiger partial charge is 0.410 e. The number of allylic oxidation sites excluding steroid dienone is 5. The summed E-state index contributed by atoms with van der Waals surface area (Å²) in [7, 11) is 2.06. The van der Waals surface area contributed by atoms with Crippen LogP contribution < -0.4 is 5.69 Å². The lowest BCUT2D eigenvalue weighted by Gasteiger charge is -2.33. The number of H-pyrrole nitrogens is 1. The molecule has 35 heavy (non-hydrogen) atoms. The average molecular weight is 487 g/mol. The van der Waals surface area contributed by atoms with E-state index in [-0.39, 0.29) is 23.4 Å². The van der Waals surface area contributed by atoms with E-state index in [9.17, 15) is 14.4 Å². The standard InChI is InChI=1S/C17H22N2O2.C10H20N2O2/c1-3-8-13(9-4-2)16-15(12-20)18-17(21)19(16)14-10-6-5-7-11-14;1-10(2,3)14-9(13)12-7-5-11(4)6-8-12/h3-4,8-9,12,14H,1,5-7,10-11H2,2H3,(H,18,21);5-8H2,1-4H3/b9-4-,13-8+;. The molecule has 8 heteroatoms. The molecule has 0 spiro atoms. The molecule has 1 amide bonds. The molecular formula is C27H42N4O4. The summed E-state index contributed by atoms with van der Waals surface area (Å²) in [5.41, 5.74) is 1.27. The zero-order valence-electron chi connectivity index (χ0n) is 22.0. The Morgan fingerprint density at radius 3 is 2.26 bits per heavy atom. The van der Waals surface area contributed by atoms with Crippen molar-refractivity contribution in [2.45, 2.75) is 71.4 Å². The van der Waals surface area contributed by atoms with Crippen molar-refractivity contribution in [1.82, 2.24) is 19.4 Å². The van der Waals surface area contributed by atoms with Crippen molar-refractivity contribution in [3.8, 4) is 0 Å². The number of likely N-dealkylation sites (N-methyl/N-ethyl adjacent to an activating group) is 1. The second kappa shape index (κ2) is 13.3. The number of piperazine rings is 1. The third-order valence-corrected chi connectivity index (χ3v) is 6.09. The molecule has 1 aromatic heterocycles. The monoisotopic (exact) mass is 486 g/mol. The Morgan fingerprint density at radius 2 is 1.74 bits per heavy atom. The number of amides is 1. The molecule has 194 valence electrons. The third kappa shape index (κ3) is 8.38. The maximum atomic E-state index is 12.3. The molecule has 0 bridgehead atoms. The summed E-state index contributed by atoms with van der Waals surface area (Å²) in [6, 6.07) is 0.171. The molecular weight excluding hydrogens is 444 g/mol. The number of carbonyl (C=O) groups is 2. The molecule has 3 rings (SSSR count). The molecule has 1 N–H and O–H groups in total. The van der Waals surface area contributed by atoms with Crippen LogP contribution in [0.3, 0.4) is 0 Å². The first kappa shape index (κ1) is 28.4. The lowest BCUT2D eigenvalue weighted by Crippen LogP contribution is -2.48. The highest BCUT2D eigenvalue weighted by Gasteiger charge is 2.25. The highest BCUT2D eigenvalue weighted by molar-refractivity contribution is 5.85. The predicted octanol–water partition coefficient (Wildman–Crippen LogP) is 4.81. The van der Waals surface area contributed by atoms with Crippen LogP contribution in [0.1, 0.15) is 82.0 Å². The number of aldehydes is 1. The van der Waals surface area contributed by atoms with Crippen molar-refractivity contribution in [3.63, 3.8) is 0 Å². The lowest BCUT2D eigenvalue weighted by atomic mass is 9.94. The summed E-state index contributed by atoms with van der Waals surface area (Å²) in [5, 5.41) is 0. The normalized spacial score (nSPS) is 18.2. The number of aromatic nitrogens is 2. The largest absolute Gasteiger partial charge is 0.444 e. The second-order valence-corrected chi connectivity index (χ2v) is 10.1. The van der Waals surface area contributed by atoms with Gasteiger partial charge in [0, 0.05) is 37.8 Å². The molecule has 2 aliphatic rings. The number of carbonyl (C=O) groups excluding carboxylic acids is 2. The summed E-state index contributed by atoms with van der Waals surface area (Å²) in [5.74, 6) is 0. The minimum absolute atomic E-state index is 0.171. The van der Waals surface area contributed by atoms with Crippen LogP contribution >= 0.6 is 0 Å². The van der Waals surface area contributed by atoms with E-state index in [0.29, 0.717) is 11.4 Å². The van der Waals surface area contributed by atoms with Crippen molar-refractivity contribution in [2.75, 3.05) is 33.2 Å². The quantitative estimate of drug-likeness (QED) is 0.477. The number of imidazole rings is 1. The van der Waals surface area contributed by atoms with Gasteiger partial charge in [0.25, 0.3) is 0 Å². The van der Waals surface area contributed by atoms with Crippen molar-refractivity contribution in [3.05, 3.63) is 52.8 Å². The van der Waals surface area contributed by atoms with Crippen LogP contribution in [-0.2, 0) is 4.74 Å². The number of ether oxygens (including phenoxy) is 1. The topological polar surface area (TPSA) is 87.6 Å². The molecule has 1 aliphatic carbocycles. The highest BCUT2D eigenvalue weighted by Crippen LogP contribution is 2.31. The van der Waals surface area contributed by atoms with Gasteiger partial charge in [-0.15, -0.1) is 0 Å². The zero-order chi connectivity index (χ0) is 26.0. The summed E-state index contributed by atoms with van der Waals surface area (Å²) in [6.07, 6.45) is 13.3. The fourth-order valence-electron chi connectivity index (χ4n) is 4.37. The van der Waals surface area contributed by atoms with Gasteiger partial charge in [-0.1, -0.05) is 50.1 Å². The molecule has 0 radical (unpaired) electrons. The molecule has 0 aromatic carbocycles. The Bertz CT molecular complexity index is 966. The zero-order valence-corrected chi connectivity index (χ0v) is 22.0. The van der Waals surface area contributed by atoms with Gasteiger partial charge in [-0.25, -0.2) is 9.59 Å². The molecule has 0 unspecified atom stereocenters. The van der Waals surface area contributed by atoms with Gasteiger partial charge in [-0.05, 0) is 47.6 Å². The van der Waals surface area contributed by atoms with E-state index in [2.05, 4.69) is 23.5 Å². The number of nitrogens with zero attached hydrogens (tertiary/aromatic N) is 3. The fraction of sp³-hybridized carbons (Fsp3) is 0.593. The molecule has 1 aliphatic heterocycles. The van der Waals surface area contributed by atoms with E-state index in [1.54, 1.807) is 15.5 Å². The number of hydrogen-bond donors (Lipinski definition) is 1. The van der Waals surface area contributed by atoms with Crippen LogP contribution in [0.15, 0.2) is 35.7 Å². The van der Waals surface area contributed by atoms with E-state index in [1.807, 2.05) is 45.9 Å². The highest BCUT2D eigenvalue weighted by atomic mass is 16.6. The molecule has 2 heterocycles. The van der Waals surface area contributed by atoms with Gasteiger partial charge < -0.3 is 19.5 Å². The van der Waals surface area contributed by atoms with Crippen LogP contribution in [0.4, 0.5) is 4.79 Å². The fourth-order valence-corrected chi connectivity index (χ4v) is 4.37. The molecule has 2 fully saturated rings. The minimum Gasteiger partial charge on any atom is -0.444 e. The first-order valence-corrected chi connectivity index (χ1v) is 12.5. The van der Waals surface area contributed by atoms with Crippen LogP contribution in [0.25, 0.3) is 5.57 Å². The predicted molar refractivity (Wildman–Crippen MR) is 141 cm³/mol. The van der Waals surface area contributed by atoms with E-state index in [1.165, 1.54) is 6.42 Å². The first-order valence-electron chi connectivity index (χ1n) is 12.5. The van der Waals surface area contributed by atoms with Crippen molar-refractivity contribution in [1.29, 1.82) is 0 Å². The number of rotatable bonds is 5. The van der Waals surface area contributed by atoms with Crippen LogP contribution in [0, 0.1) is 0 Å². The Morgan fingerprint density at radius 1 is 1.11 bits per heavy atom. The molecule has 1 aromatic rings. The van der Waals surface area contributed by atoms with Crippen molar-refractivity contribution in [2.24, 2.45) is 0 Å². The van der Waals surface area contributed by atoms with Crippen LogP contribution in [0.2, 0.25) is 0 Å². The van der Waals surface area contributed by atoms with Gasteiger partial charge in [0.1, 0.15) is 11.3 Å². The number of aromatic amines is 1.